The topological polar surface area (TPSA) is 92.8 Å². The predicted octanol–water partition coefficient (Wildman–Crippen LogP) is 1.93. The van der Waals surface area contributed by atoms with Crippen LogP contribution in [0.2, 0.25) is 0 Å². The molecule has 0 aromatic heterocycles. The van der Waals surface area contributed by atoms with Gasteiger partial charge in [-0.25, -0.2) is 4.79 Å². The largest absolute Gasteiger partial charge is 0.452 e. The van der Waals surface area contributed by atoms with Gasteiger partial charge in [0.2, 0.25) is 0 Å². The van der Waals surface area contributed by atoms with Crippen molar-refractivity contribution >= 4 is 23.7 Å². The summed E-state index contributed by atoms with van der Waals surface area (Å²) in [6.45, 7) is 5.83. The van der Waals surface area contributed by atoms with Crippen LogP contribution < -0.4 is 5.32 Å². The lowest BCUT2D eigenvalue weighted by molar-refractivity contribution is -0.124. The summed E-state index contributed by atoms with van der Waals surface area (Å²) >= 11 is 0. The Morgan fingerprint density at radius 2 is 1.92 bits per heavy atom. The van der Waals surface area contributed by atoms with Gasteiger partial charge in [0.25, 0.3) is 17.7 Å². The van der Waals surface area contributed by atoms with Gasteiger partial charge in [0.05, 0.1) is 16.7 Å². The van der Waals surface area contributed by atoms with Gasteiger partial charge < -0.3 is 10.1 Å². The quantitative estimate of drug-likeness (QED) is 0.315. The van der Waals surface area contributed by atoms with Gasteiger partial charge in [-0.05, 0) is 24.6 Å². The first-order chi connectivity index (χ1) is 12.5. The second-order valence-corrected chi connectivity index (χ2v) is 5.90. The highest BCUT2D eigenvalue weighted by atomic mass is 16.5. The number of nitrogens with zero attached hydrogens (tertiary/aromatic N) is 1. The smallest absolute Gasteiger partial charge is 0.338 e. The first kappa shape index (κ1) is 19.4. The molecule has 0 atom stereocenters. The Labute approximate surface area is 152 Å². The minimum Gasteiger partial charge on any atom is -0.452 e. The second kappa shape index (κ2) is 8.94. The molecule has 0 radical (unpaired) electrons. The predicted molar refractivity (Wildman–Crippen MR) is 94.8 cm³/mol. The molecule has 0 bridgehead atoms. The molecular weight excluding hydrogens is 336 g/mol. The van der Waals surface area contributed by atoms with E-state index in [9.17, 15) is 19.2 Å². The molecule has 1 aromatic carbocycles. The number of carbonyl (C=O) groups is 4. The van der Waals surface area contributed by atoms with Gasteiger partial charge in [-0.2, -0.15) is 0 Å². The van der Waals surface area contributed by atoms with Gasteiger partial charge in [-0.15, -0.1) is 6.58 Å². The van der Waals surface area contributed by atoms with Crippen molar-refractivity contribution in [2.24, 2.45) is 0 Å². The Morgan fingerprint density at radius 1 is 1.19 bits per heavy atom. The molecule has 1 heterocycles. The lowest BCUT2D eigenvalue weighted by Gasteiger charge is -2.09. The fourth-order valence-electron chi connectivity index (χ4n) is 2.58. The van der Waals surface area contributed by atoms with Crippen LogP contribution >= 0.6 is 0 Å². The van der Waals surface area contributed by atoms with Crippen LogP contribution in [0.3, 0.4) is 0 Å². The molecule has 0 aliphatic carbocycles. The molecule has 26 heavy (non-hydrogen) atoms. The maximum Gasteiger partial charge on any atom is 0.338 e. The number of hydrogen-bond donors (Lipinski definition) is 1. The number of benzene rings is 1. The number of carbonyl (C=O) groups excluding carboxylic acids is 4. The van der Waals surface area contributed by atoms with Crippen molar-refractivity contribution in [3.63, 3.8) is 0 Å². The molecule has 7 heteroatoms. The summed E-state index contributed by atoms with van der Waals surface area (Å²) in [5, 5.41) is 2.67. The lowest BCUT2D eigenvalue weighted by Crippen LogP contribution is -2.29. The van der Waals surface area contributed by atoms with Crippen molar-refractivity contribution in [2.75, 3.05) is 19.7 Å². The number of rotatable bonds is 9. The summed E-state index contributed by atoms with van der Waals surface area (Å²) in [6.07, 6.45) is 4.40. The number of amides is 3. The standard InChI is InChI=1S/C19H22N2O5/c1-3-5-6-9-20-16(22)12-26-19(25)13-7-8-14-15(11-13)18(24)21(10-4-2)17(14)23/h4,7-8,11H,2-3,5-6,9-10,12H2,1H3,(H,20,22). The molecule has 138 valence electrons. The van der Waals surface area contributed by atoms with E-state index >= 15 is 0 Å². The Morgan fingerprint density at radius 3 is 2.62 bits per heavy atom. The van der Waals surface area contributed by atoms with Gasteiger partial charge in [0.15, 0.2) is 6.61 Å². The van der Waals surface area contributed by atoms with Crippen LogP contribution in [0.4, 0.5) is 0 Å². The van der Waals surface area contributed by atoms with Gasteiger partial charge in [-0.1, -0.05) is 25.8 Å². The van der Waals surface area contributed by atoms with Crippen molar-refractivity contribution < 1.29 is 23.9 Å². The average molecular weight is 358 g/mol. The van der Waals surface area contributed by atoms with Gasteiger partial charge in [-0.3, -0.25) is 19.3 Å². The molecule has 1 aromatic rings. The molecule has 1 aliphatic rings. The third-order valence-electron chi connectivity index (χ3n) is 3.95. The van der Waals surface area contributed by atoms with E-state index in [1.807, 2.05) is 0 Å². The maximum atomic E-state index is 12.3. The van der Waals surface area contributed by atoms with E-state index in [0.717, 1.165) is 24.2 Å². The minimum atomic E-state index is -0.723. The number of fused-ring (bicyclic) bond motifs is 1. The van der Waals surface area contributed by atoms with E-state index < -0.39 is 24.4 Å². The summed E-state index contributed by atoms with van der Waals surface area (Å²) in [5.74, 6) is -2.00. The van der Waals surface area contributed by atoms with Crippen molar-refractivity contribution in [3.05, 3.63) is 47.5 Å². The Balaban J connectivity index is 1.96. The van der Waals surface area contributed by atoms with Gasteiger partial charge in [0.1, 0.15) is 0 Å². The van der Waals surface area contributed by atoms with Crippen LogP contribution in [-0.2, 0) is 9.53 Å². The summed E-state index contributed by atoms with van der Waals surface area (Å²) in [6, 6.07) is 4.14. The molecule has 0 spiro atoms. The van der Waals surface area contributed by atoms with Crippen LogP contribution in [-0.4, -0.2) is 48.3 Å². The third kappa shape index (κ3) is 4.36. The first-order valence-corrected chi connectivity index (χ1v) is 8.54. The highest BCUT2D eigenvalue weighted by molar-refractivity contribution is 6.22. The van der Waals surface area contributed by atoms with E-state index in [1.165, 1.54) is 24.3 Å². The van der Waals surface area contributed by atoms with Gasteiger partial charge in [0, 0.05) is 13.1 Å². The molecule has 7 nitrogen and oxygen atoms in total. The van der Waals surface area contributed by atoms with Crippen LogP contribution in [0.15, 0.2) is 30.9 Å². The molecule has 0 saturated heterocycles. The summed E-state index contributed by atoms with van der Waals surface area (Å²) in [7, 11) is 0. The van der Waals surface area contributed by atoms with E-state index in [1.54, 1.807) is 0 Å². The highest BCUT2D eigenvalue weighted by Crippen LogP contribution is 2.24. The van der Waals surface area contributed by atoms with E-state index in [-0.39, 0.29) is 29.1 Å². The number of nitrogens with one attached hydrogen (secondary N) is 1. The van der Waals surface area contributed by atoms with Crippen molar-refractivity contribution in [1.29, 1.82) is 0 Å². The fraction of sp³-hybridized carbons (Fsp3) is 0.368. The molecule has 2 rings (SSSR count). The second-order valence-electron chi connectivity index (χ2n) is 5.90. The third-order valence-corrected chi connectivity index (χ3v) is 3.95. The first-order valence-electron chi connectivity index (χ1n) is 8.54. The highest BCUT2D eigenvalue weighted by Gasteiger charge is 2.35. The number of esters is 1. The molecular formula is C19H22N2O5. The van der Waals surface area contributed by atoms with E-state index in [0.29, 0.717) is 6.54 Å². The zero-order valence-electron chi connectivity index (χ0n) is 14.7. The zero-order chi connectivity index (χ0) is 19.1. The van der Waals surface area contributed by atoms with E-state index in [2.05, 4.69) is 18.8 Å². The maximum absolute atomic E-state index is 12.3. The van der Waals surface area contributed by atoms with Crippen LogP contribution in [0, 0.1) is 0 Å². The molecule has 1 aliphatic heterocycles. The molecule has 0 saturated carbocycles. The number of hydrogen-bond acceptors (Lipinski definition) is 5. The SMILES string of the molecule is C=CCN1C(=O)c2ccc(C(=O)OCC(=O)NCCCCC)cc2C1=O. The Kier molecular flexibility index (Phi) is 6.66. The van der Waals surface area contributed by atoms with Gasteiger partial charge >= 0.3 is 5.97 Å². The van der Waals surface area contributed by atoms with Crippen LogP contribution in [0.5, 0.6) is 0 Å². The number of ether oxygens (including phenoxy) is 1. The molecule has 0 unspecified atom stereocenters. The molecule has 3 amide bonds. The summed E-state index contributed by atoms with van der Waals surface area (Å²) in [5.41, 5.74) is 0.501. The average Bonchev–Trinajstić information content (AvgIpc) is 2.88. The minimum absolute atomic E-state index is 0.102. The Hall–Kier alpha value is -2.96. The Bertz CT molecular complexity index is 741. The fourth-order valence-corrected chi connectivity index (χ4v) is 2.58. The monoisotopic (exact) mass is 358 g/mol. The summed E-state index contributed by atoms with van der Waals surface area (Å²) in [4.78, 5) is 49.2. The molecule has 0 fully saturated rings. The van der Waals surface area contributed by atoms with Crippen molar-refractivity contribution in [1.82, 2.24) is 10.2 Å². The van der Waals surface area contributed by atoms with E-state index in [4.69, 9.17) is 4.74 Å². The number of unbranched alkanes of at least 4 members (excludes halogenated alkanes) is 2. The summed E-state index contributed by atoms with van der Waals surface area (Å²) < 4.78 is 4.97. The van der Waals surface area contributed by atoms with Crippen LogP contribution in [0.1, 0.15) is 57.3 Å². The van der Waals surface area contributed by atoms with Crippen molar-refractivity contribution in [2.45, 2.75) is 26.2 Å². The normalized spacial score (nSPS) is 12.7. The molecule has 1 N–H and O–H groups in total. The van der Waals surface area contributed by atoms with Crippen molar-refractivity contribution in [3.8, 4) is 0 Å². The lowest BCUT2D eigenvalue weighted by atomic mass is 10.1. The zero-order valence-corrected chi connectivity index (χ0v) is 14.7. The number of imide groups is 1. The van der Waals surface area contributed by atoms with Crippen LogP contribution in [0.25, 0.3) is 0 Å².